The predicted molar refractivity (Wildman–Crippen MR) is 81.1 cm³/mol. The van der Waals surface area contributed by atoms with Crippen molar-refractivity contribution in [2.24, 2.45) is 0 Å². The van der Waals surface area contributed by atoms with Crippen LogP contribution in [0.5, 0.6) is 0 Å². The number of benzene rings is 1. The molecule has 0 aliphatic rings. The van der Waals surface area contributed by atoms with Crippen molar-refractivity contribution in [2.45, 2.75) is 6.54 Å². The lowest BCUT2D eigenvalue weighted by Crippen LogP contribution is -2.26. The fraction of sp³-hybridized carbons (Fsp3) is 0.214. The van der Waals surface area contributed by atoms with Gasteiger partial charge in [0.15, 0.2) is 0 Å². The summed E-state index contributed by atoms with van der Waals surface area (Å²) in [5, 5.41) is 5.58. The molecule has 3 nitrogen and oxygen atoms in total. The number of halogens is 1. The fourth-order valence-electron chi connectivity index (χ4n) is 1.83. The van der Waals surface area contributed by atoms with E-state index in [-0.39, 0.29) is 5.91 Å². The van der Waals surface area contributed by atoms with Crippen molar-refractivity contribution >= 4 is 34.5 Å². The zero-order chi connectivity index (χ0) is 13.8. The molecule has 1 N–H and O–H groups in total. The molecule has 100 valence electrons. The average molecular weight is 295 g/mol. The van der Waals surface area contributed by atoms with Crippen LogP contribution in [0.25, 0.3) is 0 Å². The maximum Gasteiger partial charge on any atom is 0.256 e. The van der Waals surface area contributed by atoms with Gasteiger partial charge >= 0.3 is 0 Å². The van der Waals surface area contributed by atoms with E-state index in [1.54, 1.807) is 42.5 Å². The number of hydrogen-bond donors (Lipinski definition) is 1. The summed E-state index contributed by atoms with van der Waals surface area (Å²) in [6.07, 6.45) is 0. The Morgan fingerprint density at radius 1 is 1.42 bits per heavy atom. The summed E-state index contributed by atoms with van der Waals surface area (Å²) in [5.41, 5.74) is 1.38. The van der Waals surface area contributed by atoms with E-state index in [9.17, 15) is 4.79 Å². The summed E-state index contributed by atoms with van der Waals surface area (Å²) >= 11 is 7.61. The lowest BCUT2D eigenvalue weighted by Gasteiger charge is -2.18. The second kappa shape index (κ2) is 6.08. The van der Waals surface area contributed by atoms with Crippen molar-refractivity contribution in [1.29, 1.82) is 0 Å². The van der Waals surface area contributed by atoms with Crippen LogP contribution in [0.1, 0.15) is 15.2 Å². The Hall–Kier alpha value is -1.52. The summed E-state index contributed by atoms with van der Waals surface area (Å²) in [6.45, 7) is 0.603. The number of nitrogens with zero attached hydrogens (tertiary/aromatic N) is 1. The largest absolute Gasteiger partial charge is 0.387 e. The molecule has 0 unspecified atom stereocenters. The molecule has 0 saturated heterocycles. The molecule has 1 aromatic heterocycles. The Labute approximate surface area is 121 Å². The molecule has 5 heteroatoms. The molecule has 0 atom stereocenters. The van der Waals surface area contributed by atoms with E-state index in [1.165, 1.54) is 0 Å². The Kier molecular flexibility index (Phi) is 4.45. The first-order chi connectivity index (χ1) is 9.11. The lowest BCUT2D eigenvalue weighted by molar-refractivity contribution is 0.0787. The molecule has 0 radical (unpaired) electrons. The minimum atomic E-state index is -0.0414. The Balaban J connectivity index is 2.21. The SMILES string of the molecule is CNc1ccc(Cl)cc1C(=O)N(C)Cc1cccs1. The van der Waals surface area contributed by atoms with Gasteiger partial charge in [0.05, 0.1) is 12.1 Å². The minimum absolute atomic E-state index is 0.0414. The lowest BCUT2D eigenvalue weighted by atomic mass is 10.1. The second-order valence-electron chi connectivity index (χ2n) is 4.18. The van der Waals surface area contributed by atoms with E-state index >= 15 is 0 Å². The fourth-order valence-corrected chi connectivity index (χ4v) is 2.75. The van der Waals surface area contributed by atoms with Gasteiger partial charge in [-0.25, -0.2) is 0 Å². The molecule has 0 aliphatic carbocycles. The third kappa shape index (κ3) is 3.28. The molecule has 1 amide bonds. The van der Waals surface area contributed by atoms with Gasteiger partial charge in [-0.3, -0.25) is 4.79 Å². The highest BCUT2D eigenvalue weighted by molar-refractivity contribution is 7.09. The first kappa shape index (κ1) is 13.9. The summed E-state index contributed by atoms with van der Waals surface area (Å²) in [4.78, 5) is 15.3. The van der Waals surface area contributed by atoms with Crippen LogP contribution in [-0.4, -0.2) is 24.9 Å². The van der Waals surface area contributed by atoms with E-state index < -0.39 is 0 Å². The van der Waals surface area contributed by atoms with E-state index in [1.807, 2.05) is 23.6 Å². The van der Waals surface area contributed by atoms with Crippen LogP contribution in [0.4, 0.5) is 5.69 Å². The van der Waals surface area contributed by atoms with Crippen molar-refractivity contribution in [3.8, 4) is 0 Å². The van der Waals surface area contributed by atoms with Crippen molar-refractivity contribution in [1.82, 2.24) is 4.90 Å². The molecule has 0 bridgehead atoms. The maximum absolute atomic E-state index is 12.4. The van der Waals surface area contributed by atoms with Crippen LogP contribution < -0.4 is 5.32 Å². The molecule has 19 heavy (non-hydrogen) atoms. The van der Waals surface area contributed by atoms with Crippen LogP contribution in [0, 0.1) is 0 Å². The van der Waals surface area contributed by atoms with Crippen molar-refractivity contribution in [3.05, 3.63) is 51.2 Å². The van der Waals surface area contributed by atoms with Crippen LogP contribution in [0.15, 0.2) is 35.7 Å². The molecule has 1 aromatic carbocycles. The van der Waals surface area contributed by atoms with Crippen molar-refractivity contribution in [2.75, 3.05) is 19.4 Å². The summed E-state index contributed by atoms with van der Waals surface area (Å²) < 4.78 is 0. The summed E-state index contributed by atoms with van der Waals surface area (Å²) in [6, 6.07) is 9.28. The normalized spacial score (nSPS) is 10.3. The maximum atomic E-state index is 12.4. The number of nitrogens with one attached hydrogen (secondary N) is 1. The Morgan fingerprint density at radius 2 is 2.21 bits per heavy atom. The van der Waals surface area contributed by atoms with E-state index in [2.05, 4.69) is 5.32 Å². The van der Waals surface area contributed by atoms with Gasteiger partial charge in [-0.05, 0) is 29.6 Å². The number of carbonyl (C=O) groups excluding carboxylic acids is 1. The highest BCUT2D eigenvalue weighted by atomic mass is 35.5. The standard InChI is InChI=1S/C14H15ClN2OS/c1-16-13-6-5-10(15)8-12(13)14(18)17(2)9-11-4-3-7-19-11/h3-8,16H,9H2,1-2H3. The monoisotopic (exact) mass is 294 g/mol. The van der Waals surface area contributed by atoms with Crippen LogP contribution >= 0.6 is 22.9 Å². The number of rotatable bonds is 4. The van der Waals surface area contributed by atoms with E-state index in [0.717, 1.165) is 10.6 Å². The molecule has 0 saturated carbocycles. The Morgan fingerprint density at radius 3 is 2.84 bits per heavy atom. The highest BCUT2D eigenvalue weighted by Crippen LogP contribution is 2.22. The third-order valence-electron chi connectivity index (χ3n) is 2.80. The summed E-state index contributed by atoms with van der Waals surface area (Å²) in [7, 11) is 3.59. The first-order valence-electron chi connectivity index (χ1n) is 5.87. The molecule has 0 spiro atoms. The number of anilines is 1. The molecular formula is C14H15ClN2OS. The van der Waals surface area contributed by atoms with Gasteiger partial charge in [0.1, 0.15) is 0 Å². The van der Waals surface area contributed by atoms with Gasteiger partial charge in [0.25, 0.3) is 5.91 Å². The Bertz CT molecular complexity index is 569. The second-order valence-corrected chi connectivity index (χ2v) is 5.65. The van der Waals surface area contributed by atoms with Crippen LogP contribution in [-0.2, 0) is 6.54 Å². The van der Waals surface area contributed by atoms with Crippen molar-refractivity contribution in [3.63, 3.8) is 0 Å². The number of carbonyl (C=O) groups is 1. The minimum Gasteiger partial charge on any atom is -0.387 e. The van der Waals surface area contributed by atoms with Gasteiger partial charge in [0.2, 0.25) is 0 Å². The molecule has 0 aliphatic heterocycles. The molecule has 0 fully saturated rings. The van der Waals surface area contributed by atoms with Gasteiger partial charge in [-0.15, -0.1) is 11.3 Å². The number of thiophene rings is 1. The van der Waals surface area contributed by atoms with Gasteiger partial charge in [-0.2, -0.15) is 0 Å². The van der Waals surface area contributed by atoms with Gasteiger partial charge in [0, 0.05) is 29.7 Å². The summed E-state index contributed by atoms with van der Waals surface area (Å²) in [5.74, 6) is -0.0414. The van der Waals surface area contributed by atoms with Gasteiger partial charge in [-0.1, -0.05) is 17.7 Å². The van der Waals surface area contributed by atoms with E-state index in [4.69, 9.17) is 11.6 Å². The average Bonchev–Trinajstić information content (AvgIpc) is 2.90. The zero-order valence-electron chi connectivity index (χ0n) is 10.8. The van der Waals surface area contributed by atoms with Crippen LogP contribution in [0.3, 0.4) is 0 Å². The first-order valence-corrected chi connectivity index (χ1v) is 7.12. The van der Waals surface area contributed by atoms with Crippen LogP contribution in [0.2, 0.25) is 5.02 Å². The topological polar surface area (TPSA) is 32.3 Å². The third-order valence-corrected chi connectivity index (χ3v) is 3.90. The molecular weight excluding hydrogens is 280 g/mol. The molecule has 2 rings (SSSR count). The van der Waals surface area contributed by atoms with E-state index in [0.29, 0.717) is 17.1 Å². The molecule has 2 aromatic rings. The number of amides is 1. The van der Waals surface area contributed by atoms with Crippen molar-refractivity contribution < 1.29 is 4.79 Å². The zero-order valence-corrected chi connectivity index (χ0v) is 12.4. The van der Waals surface area contributed by atoms with Gasteiger partial charge < -0.3 is 10.2 Å². The predicted octanol–water partition coefficient (Wildman–Crippen LogP) is 3.72. The smallest absolute Gasteiger partial charge is 0.256 e. The molecule has 1 heterocycles. The quantitative estimate of drug-likeness (QED) is 0.932. The number of hydrogen-bond acceptors (Lipinski definition) is 3. The highest BCUT2D eigenvalue weighted by Gasteiger charge is 2.16.